The summed E-state index contributed by atoms with van der Waals surface area (Å²) in [6, 6.07) is 18.0. The van der Waals surface area contributed by atoms with Gasteiger partial charge in [-0.25, -0.2) is 4.99 Å². The Morgan fingerprint density at radius 1 is 1.13 bits per heavy atom. The summed E-state index contributed by atoms with van der Waals surface area (Å²) in [5.41, 5.74) is 3.07. The molecule has 8 heteroatoms. The third kappa shape index (κ3) is 6.40. The predicted molar refractivity (Wildman–Crippen MR) is 121 cm³/mol. The normalized spacial score (nSPS) is 11.3. The molecule has 0 aliphatic heterocycles. The second kappa shape index (κ2) is 10.9. The number of para-hydroxylation sites is 1. The average Bonchev–Trinajstić information content (AvgIpc) is 3.13. The second-order valence-electron chi connectivity index (χ2n) is 6.49. The van der Waals surface area contributed by atoms with Gasteiger partial charge in [0, 0.05) is 29.9 Å². The lowest BCUT2D eigenvalue weighted by Gasteiger charge is -2.10. The largest absolute Gasteiger partial charge is 0.456 e. The van der Waals surface area contributed by atoms with Gasteiger partial charge in [-0.1, -0.05) is 46.3 Å². The minimum atomic E-state index is -0.467. The monoisotopic (exact) mass is 487 g/mol. The summed E-state index contributed by atoms with van der Waals surface area (Å²) in [7, 11) is 0. The first-order chi connectivity index (χ1) is 14.5. The van der Waals surface area contributed by atoms with E-state index in [1.807, 2.05) is 42.5 Å². The van der Waals surface area contributed by atoms with Crippen LogP contribution >= 0.6 is 27.3 Å². The zero-order chi connectivity index (χ0) is 21.3. The van der Waals surface area contributed by atoms with E-state index < -0.39 is 5.97 Å². The maximum absolute atomic E-state index is 11.7. The van der Waals surface area contributed by atoms with Gasteiger partial charge in [0.25, 0.3) is 5.91 Å². The Kier molecular flexibility index (Phi) is 7.98. The van der Waals surface area contributed by atoms with Crippen LogP contribution in [0, 0.1) is 0 Å². The van der Waals surface area contributed by atoms with Crippen molar-refractivity contribution >= 4 is 44.8 Å². The van der Waals surface area contributed by atoms with Crippen LogP contribution in [0.25, 0.3) is 11.3 Å². The number of nitrogens with zero attached hydrogens (tertiary/aromatic N) is 2. The third-order valence-corrected chi connectivity index (χ3v) is 5.60. The fourth-order valence-electron chi connectivity index (χ4n) is 2.78. The van der Waals surface area contributed by atoms with Crippen LogP contribution in [-0.4, -0.2) is 29.6 Å². The molecule has 3 aromatic rings. The Morgan fingerprint density at radius 2 is 1.87 bits per heavy atom. The molecule has 2 aromatic carbocycles. The van der Waals surface area contributed by atoms with Crippen molar-refractivity contribution in [2.75, 3.05) is 13.2 Å². The molecule has 0 aliphatic rings. The highest BCUT2D eigenvalue weighted by molar-refractivity contribution is 9.10. The van der Waals surface area contributed by atoms with Crippen LogP contribution in [0.15, 0.2) is 69.4 Å². The summed E-state index contributed by atoms with van der Waals surface area (Å²) in [6.07, 6.45) is 0.716. The maximum atomic E-state index is 11.7. The summed E-state index contributed by atoms with van der Waals surface area (Å²) in [5.74, 6) is -0.770. The smallest absolute Gasteiger partial charge is 0.303 e. The maximum Gasteiger partial charge on any atom is 0.303 e. The third-order valence-electron chi connectivity index (χ3n) is 4.21. The molecule has 0 unspecified atom stereocenters. The van der Waals surface area contributed by atoms with Crippen molar-refractivity contribution in [2.24, 2.45) is 4.99 Å². The molecule has 0 fully saturated rings. The van der Waals surface area contributed by atoms with Crippen molar-refractivity contribution in [3.63, 3.8) is 0 Å². The van der Waals surface area contributed by atoms with Crippen LogP contribution in [-0.2, 0) is 20.9 Å². The van der Waals surface area contributed by atoms with Gasteiger partial charge < -0.3 is 14.6 Å². The number of halogens is 1. The standard InChI is InChI=1S/C22H22BrN3O3S/c1-16(27)29-14-21(28)24-12-5-13-26-20(17-8-10-18(23)11-9-17)15-30-22(26)25-19-6-3-2-4-7-19/h2-4,6-11,15H,5,12-14H2,1H3,(H,24,28)/b25-22+. The van der Waals surface area contributed by atoms with Gasteiger partial charge in [-0.05, 0) is 36.2 Å². The van der Waals surface area contributed by atoms with Crippen molar-refractivity contribution in [1.29, 1.82) is 0 Å². The fourth-order valence-corrected chi connectivity index (χ4v) is 4.00. The highest BCUT2D eigenvalue weighted by Gasteiger charge is 2.09. The molecule has 0 aliphatic carbocycles. The number of amides is 1. The minimum absolute atomic E-state index is 0.250. The van der Waals surface area contributed by atoms with Crippen molar-refractivity contribution in [3.8, 4) is 11.3 Å². The first kappa shape index (κ1) is 22.0. The topological polar surface area (TPSA) is 72.7 Å². The number of carbonyl (C=O) groups is 2. The first-order valence-corrected chi connectivity index (χ1v) is 11.1. The van der Waals surface area contributed by atoms with Gasteiger partial charge in [0.05, 0.1) is 11.4 Å². The van der Waals surface area contributed by atoms with Crippen LogP contribution in [0.3, 0.4) is 0 Å². The van der Waals surface area contributed by atoms with Gasteiger partial charge in [-0.3, -0.25) is 9.59 Å². The molecule has 6 nitrogen and oxygen atoms in total. The van der Waals surface area contributed by atoms with E-state index >= 15 is 0 Å². The number of esters is 1. The highest BCUT2D eigenvalue weighted by Crippen LogP contribution is 2.23. The van der Waals surface area contributed by atoms with Gasteiger partial charge in [0.15, 0.2) is 11.4 Å². The van der Waals surface area contributed by atoms with Crippen molar-refractivity contribution in [3.05, 3.63) is 69.3 Å². The number of carbonyl (C=O) groups excluding carboxylic acids is 2. The zero-order valence-corrected chi connectivity index (χ0v) is 18.9. The summed E-state index contributed by atoms with van der Waals surface area (Å²) in [6.45, 7) is 2.20. The number of aromatic nitrogens is 1. The van der Waals surface area contributed by atoms with E-state index in [0.29, 0.717) is 19.5 Å². The van der Waals surface area contributed by atoms with Gasteiger partial charge in [0.2, 0.25) is 0 Å². The number of hydrogen-bond donors (Lipinski definition) is 1. The number of nitrogens with one attached hydrogen (secondary N) is 1. The molecule has 0 spiro atoms. The lowest BCUT2D eigenvalue weighted by molar-refractivity contribution is -0.146. The summed E-state index contributed by atoms with van der Waals surface area (Å²) < 4.78 is 7.90. The molecule has 3 rings (SSSR count). The van der Waals surface area contributed by atoms with Gasteiger partial charge >= 0.3 is 5.97 Å². The molecule has 1 heterocycles. The number of benzene rings is 2. The van der Waals surface area contributed by atoms with Gasteiger partial charge in [-0.15, -0.1) is 11.3 Å². The van der Waals surface area contributed by atoms with Crippen LogP contribution in [0.5, 0.6) is 0 Å². The molecule has 156 valence electrons. The van der Waals surface area contributed by atoms with Crippen molar-refractivity contribution in [2.45, 2.75) is 19.9 Å². The van der Waals surface area contributed by atoms with E-state index in [-0.39, 0.29) is 12.5 Å². The fraction of sp³-hybridized carbons (Fsp3) is 0.227. The number of ether oxygens (including phenoxy) is 1. The van der Waals surface area contributed by atoms with E-state index in [1.165, 1.54) is 6.92 Å². The van der Waals surface area contributed by atoms with Gasteiger partial charge in [-0.2, -0.15) is 0 Å². The van der Waals surface area contributed by atoms with E-state index in [1.54, 1.807) is 11.3 Å². The first-order valence-electron chi connectivity index (χ1n) is 9.47. The molecule has 1 amide bonds. The number of rotatable bonds is 8. The van der Waals surface area contributed by atoms with E-state index in [4.69, 9.17) is 9.73 Å². The van der Waals surface area contributed by atoms with E-state index in [9.17, 15) is 9.59 Å². The molecule has 0 radical (unpaired) electrons. The molecule has 0 atom stereocenters. The van der Waals surface area contributed by atoms with Gasteiger partial charge in [0.1, 0.15) is 0 Å². The average molecular weight is 488 g/mol. The number of thiazole rings is 1. The van der Waals surface area contributed by atoms with Crippen LogP contribution < -0.4 is 10.1 Å². The quantitative estimate of drug-likeness (QED) is 0.380. The van der Waals surface area contributed by atoms with Crippen molar-refractivity contribution in [1.82, 2.24) is 9.88 Å². The Balaban J connectivity index is 1.77. The summed E-state index contributed by atoms with van der Waals surface area (Å²) in [5, 5.41) is 4.87. The van der Waals surface area contributed by atoms with Crippen LogP contribution in [0.2, 0.25) is 0 Å². The molecular formula is C22H22BrN3O3S. The lowest BCUT2D eigenvalue weighted by Crippen LogP contribution is -2.30. The van der Waals surface area contributed by atoms with E-state index in [2.05, 4.69) is 43.3 Å². The highest BCUT2D eigenvalue weighted by atomic mass is 79.9. The van der Waals surface area contributed by atoms with Crippen molar-refractivity contribution < 1.29 is 14.3 Å². The molecule has 1 N–H and O–H groups in total. The molecule has 0 saturated carbocycles. The second-order valence-corrected chi connectivity index (χ2v) is 8.25. The predicted octanol–water partition coefficient (Wildman–Crippen LogP) is 4.28. The molecular weight excluding hydrogens is 466 g/mol. The molecule has 30 heavy (non-hydrogen) atoms. The molecule has 1 aromatic heterocycles. The Morgan fingerprint density at radius 3 is 2.57 bits per heavy atom. The minimum Gasteiger partial charge on any atom is -0.456 e. The Labute approximate surface area is 187 Å². The Hall–Kier alpha value is -2.71. The molecule has 0 saturated heterocycles. The SMILES string of the molecule is CC(=O)OCC(=O)NCCCn1c(-c2ccc(Br)cc2)cs/c1=N/c1ccccc1. The van der Waals surface area contributed by atoms with Crippen LogP contribution in [0.4, 0.5) is 5.69 Å². The van der Waals surface area contributed by atoms with Crippen LogP contribution in [0.1, 0.15) is 13.3 Å². The summed E-state index contributed by atoms with van der Waals surface area (Å²) in [4.78, 5) is 28.2. The lowest BCUT2D eigenvalue weighted by atomic mass is 10.2. The van der Waals surface area contributed by atoms with E-state index in [0.717, 1.165) is 26.2 Å². The number of hydrogen-bond acceptors (Lipinski definition) is 5. The summed E-state index contributed by atoms with van der Waals surface area (Å²) >= 11 is 5.06. The zero-order valence-electron chi connectivity index (χ0n) is 16.5. The Bertz CT molecular complexity index is 1060. The molecule has 0 bridgehead atoms.